The Bertz CT molecular complexity index is 690. The van der Waals surface area contributed by atoms with Gasteiger partial charge in [0, 0.05) is 24.5 Å². The normalized spacial score (nSPS) is 9.62. The molecule has 0 fully saturated rings. The van der Waals surface area contributed by atoms with Gasteiger partial charge in [0.15, 0.2) is 0 Å². The van der Waals surface area contributed by atoms with Gasteiger partial charge in [0.05, 0.1) is 12.1 Å². The molecule has 21 heavy (non-hydrogen) atoms. The molecule has 0 saturated heterocycles. The van der Waals surface area contributed by atoms with E-state index in [4.69, 9.17) is 5.73 Å². The number of carbonyl (C=O) groups excluding carboxylic acids is 1. The smallest absolute Gasteiger partial charge is 0.252 e. The van der Waals surface area contributed by atoms with E-state index in [1.807, 2.05) is 6.07 Å². The van der Waals surface area contributed by atoms with Gasteiger partial charge in [-0.25, -0.2) is 4.39 Å². The van der Waals surface area contributed by atoms with Crippen molar-refractivity contribution in [2.45, 2.75) is 6.54 Å². The van der Waals surface area contributed by atoms with Gasteiger partial charge in [0.25, 0.3) is 5.91 Å². The molecule has 1 heterocycles. The molecule has 3 N–H and O–H groups in total. The van der Waals surface area contributed by atoms with Crippen LogP contribution in [0.25, 0.3) is 0 Å². The van der Waals surface area contributed by atoms with Crippen LogP contribution in [0.4, 0.5) is 4.39 Å². The largest absolute Gasteiger partial charge is 0.348 e. The number of nitrogens with one attached hydrogen (secondary N) is 1. The summed E-state index contributed by atoms with van der Waals surface area (Å²) in [5.74, 6) is 4.55. The molecular formula is C16H14FN3O. The Morgan fingerprint density at radius 2 is 2.24 bits per heavy atom. The number of benzene rings is 1. The average Bonchev–Trinajstić information content (AvgIpc) is 2.52. The molecule has 106 valence electrons. The summed E-state index contributed by atoms with van der Waals surface area (Å²) in [6, 6.07) is 7.52. The lowest BCUT2D eigenvalue weighted by Gasteiger charge is -2.07. The Labute approximate surface area is 122 Å². The first-order valence-electron chi connectivity index (χ1n) is 6.36. The van der Waals surface area contributed by atoms with Gasteiger partial charge in [-0.3, -0.25) is 9.78 Å². The Morgan fingerprint density at radius 3 is 2.95 bits per heavy atom. The summed E-state index contributed by atoms with van der Waals surface area (Å²) in [6.45, 7) is 0.487. The van der Waals surface area contributed by atoms with E-state index >= 15 is 0 Å². The minimum absolute atomic E-state index is 0.175. The third kappa shape index (κ3) is 4.13. The fraction of sp³-hybridized carbons (Fsp3) is 0.125. The van der Waals surface area contributed by atoms with Crippen LogP contribution in [0.1, 0.15) is 21.5 Å². The number of amides is 1. The highest BCUT2D eigenvalue weighted by molar-refractivity contribution is 5.96. The van der Waals surface area contributed by atoms with Crippen LogP contribution in [0.15, 0.2) is 42.7 Å². The Hall–Kier alpha value is -2.71. The lowest BCUT2D eigenvalue weighted by atomic mass is 10.1. The number of hydrogen-bond donors (Lipinski definition) is 2. The van der Waals surface area contributed by atoms with Crippen molar-refractivity contribution in [3.05, 3.63) is 65.2 Å². The molecule has 0 radical (unpaired) electrons. The Balaban J connectivity index is 2.16. The highest BCUT2D eigenvalue weighted by Crippen LogP contribution is 2.11. The molecule has 0 bridgehead atoms. The molecule has 0 atom stereocenters. The zero-order chi connectivity index (χ0) is 15.1. The van der Waals surface area contributed by atoms with Crippen molar-refractivity contribution in [2.24, 2.45) is 5.73 Å². The van der Waals surface area contributed by atoms with Crippen molar-refractivity contribution >= 4 is 5.91 Å². The zero-order valence-corrected chi connectivity index (χ0v) is 11.3. The predicted octanol–water partition coefficient (Wildman–Crippen LogP) is 1.46. The van der Waals surface area contributed by atoms with Crippen molar-refractivity contribution in [3.8, 4) is 11.8 Å². The summed E-state index contributed by atoms with van der Waals surface area (Å²) in [5.41, 5.74) is 6.81. The summed E-state index contributed by atoms with van der Waals surface area (Å²) in [6.07, 6.45) is 3.30. The molecule has 2 rings (SSSR count). The topological polar surface area (TPSA) is 68.0 Å². The van der Waals surface area contributed by atoms with Crippen molar-refractivity contribution in [3.63, 3.8) is 0 Å². The number of carbonyl (C=O) groups is 1. The van der Waals surface area contributed by atoms with Crippen LogP contribution in [0.2, 0.25) is 0 Å². The van der Waals surface area contributed by atoms with Gasteiger partial charge in [0.1, 0.15) is 5.82 Å². The van der Waals surface area contributed by atoms with E-state index < -0.39 is 5.82 Å². The molecule has 0 saturated carbocycles. The molecule has 5 heteroatoms. The van der Waals surface area contributed by atoms with Crippen molar-refractivity contribution in [2.75, 3.05) is 6.54 Å². The number of nitrogens with zero attached hydrogens (tertiary/aromatic N) is 1. The first-order chi connectivity index (χ1) is 10.2. The Morgan fingerprint density at radius 1 is 1.38 bits per heavy atom. The average molecular weight is 283 g/mol. The standard InChI is InChI=1S/C16H14FN3O/c17-14-6-5-13(4-1-7-18)15(9-14)16(21)20-11-12-3-2-8-19-10-12/h2-3,5-6,8-10H,7,11,18H2,(H,20,21). The van der Waals surface area contributed by atoms with E-state index in [0.29, 0.717) is 12.1 Å². The minimum atomic E-state index is -0.486. The van der Waals surface area contributed by atoms with Gasteiger partial charge in [-0.15, -0.1) is 0 Å². The molecule has 0 aliphatic rings. The third-order valence-electron chi connectivity index (χ3n) is 2.73. The predicted molar refractivity (Wildman–Crippen MR) is 77.7 cm³/mol. The lowest BCUT2D eigenvalue weighted by molar-refractivity contribution is 0.0950. The lowest BCUT2D eigenvalue weighted by Crippen LogP contribution is -2.24. The SMILES string of the molecule is NCC#Cc1ccc(F)cc1C(=O)NCc1cccnc1. The summed E-state index contributed by atoms with van der Waals surface area (Å²) in [4.78, 5) is 16.1. The van der Waals surface area contributed by atoms with E-state index in [-0.39, 0.29) is 18.0 Å². The molecule has 2 aromatic rings. The van der Waals surface area contributed by atoms with Crippen molar-refractivity contribution < 1.29 is 9.18 Å². The number of halogens is 1. The molecular weight excluding hydrogens is 269 g/mol. The first-order valence-corrected chi connectivity index (χ1v) is 6.36. The molecule has 0 spiro atoms. The number of nitrogens with two attached hydrogens (primary N) is 1. The van der Waals surface area contributed by atoms with Crippen LogP contribution in [-0.4, -0.2) is 17.4 Å². The zero-order valence-electron chi connectivity index (χ0n) is 11.3. The number of aromatic nitrogens is 1. The van der Waals surface area contributed by atoms with Crippen LogP contribution < -0.4 is 11.1 Å². The monoisotopic (exact) mass is 283 g/mol. The minimum Gasteiger partial charge on any atom is -0.348 e. The van der Waals surface area contributed by atoms with Crippen molar-refractivity contribution in [1.82, 2.24) is 10.3 Å². The van der Waals surface area contributed by atoms with E-state index in [0.717, 1.165) is 5.56 Å². The second-order valence-electron chi connectivity index (χ2n) is 4.24. The fourth-order valence-electron chi connectivity index (χ4n) is 1.74. The maximum atomic E-state index is 13.3. The fourth-order valence-corrected chi connectivity index (χ4v) is 1.74. The van der Waals surface area contributed by atoms with Gasteiger partial charge in [-0.2, -0.15) is 0 Å². The molecule has 4 nitrogen and oxygen atoms in total. The second kappa shape index (κ2) is 7.17. The van der Waals surface area contributed by atoms with E-state index in [9.17, 15) is 9.18 Å². The highest BCUT2D eigenvalue weighted by Gasteiger charge is 2.11. The number of hydrogen-bond acceptors (Lipinski definition) is 3. The molecule has 0 unspecified atom stereocenters. The van der Waals surface area contributed by atoms with Gasteiger partial charge in [0.2, 0.25) is 0 Å². The van der Waals surface area contributed by atoms with Gasteiger partial charge in [-0.1, -0.05) is 17.9 Å². The summed E-state index contributed by atoms with van der Waals surface area (Å²) in [7, 11) is 0. The number of rotatable bonds is 3. The van der Waals surface area contributed by atoms with E-state index in [1.165, 1.54) is 18.2 Å². The van der Waals surface area contributed by atoms with Crippen LogP contribution >= 0.6 is 0 Å². The molecule has 1 aromatic carbocycles. The molecule has 1 aromatic heterocycles. The quantitative estimate of drug-likeness (QED) is 0.838. The van der Waals surface area contributed by atoms with Gasteiger partial charge >= 0.3 is 0 Å². The van der Waals surface area contributed by atoms with Gasteiger partial charge in [-0.05, 0) is 29.8 Å². The Kier molecular flexibility index (Phi) is 5.02. The van der Waals surface area contributed by atoms with Crippen molar-refractivity contribution in [1.29, 1.82) is 0 Å². The first kappa shape index (κ1) is 14.7. The summed E-state index contributed by atoms with van der Waals surface area (Å²) < 4.78 is 13.3. The molecule has 1 amide bonds. The summed E-state index contributed by atoms with van der Waals surface area (Å²) >= 11 is 0. The van der Waals surface area contributed by atoms with Crippen LogP contribution in [0.3, 0.4) is 0 Å². The third-order valence-corrected chi connectivity index (χ3v) is 2.73. The van der Waals surface area contributed by atoms with E-state index in [2.05, 4.69) is 22.1 Å². The maximum absolute atomic E-state index is 13.3. The summed E-state index contributed by atoms with van der Waals surface area (Å²) in [5, 5.41) is 2.71. The van der Waals surface area contributed by atoms with E-state index in [1.54, 1.807) is 18.5 Å². The molecule has 0 aliphatic heterocycles. The number of pyridine rings is 1. The van der Waals surface area contributed by atoms with Crippen LogP contribution in [0.5, 0.6) is 0 Å². The van der Waals surface area contributed by atoms with Gasteiger partial charge < -0.3 is 11.1 Å². The highest BCUT2D eigenvalue weighted by atomic mass is 19.1. The second-order valence-corrected chi connectivity index (χ2v) is 4.24. The molecule has 0 aliphatic carbocycles. The van der Waals surface area contributed by atoms with Crippen LogP contribution in [0, 0.1) is 17.7 Å². The maximum Gasteiger partial charge on any atom is 0.252 e. The van der Waals surface area contributed by atoms with Crippen LogP contribution in [-0.2, 0) is 6.54 Å².